The maximum Gasteiger partial charge on any atom is -0.00202 e. The Bertz CT molecular complexity index is 593. The van der Waals surface area contributed by atoms with Crippen LogP contribution in [0, 0.1) is 0 Å². The smallest absolute Gasteiger partial charge is 0.00202 e. The molecule has 0 atom stereocenters. The van der Waals surface area contributed by atoms with E-state index in [2.05, 4.69) is 64.1 Å². The molecular formula is C21H28. The lowest BCUT2D eigenvalue weighted by molar-refractivity contribution is 0.999. The monoisotopic (exact) mass is 280 g/mol. The molecule has 0 aliphatic heterocycles. The van der Waals surface area contributed by atoms with E-state index in [1.165, 1.54) is 33.4 Å². The fraction of sp³-hybridized carbons (Fsp3) is 0.429. The van der Waals surface area contributed by atoms with E-state index >= 15 is 0 Å². The first-order chi connectivity index (χ1) is 10.2. The van der Waals surface area contributed by atoms with Crippen LogP contribution in [-0.4, -0.2) is 0 Å². The van der Waals surface area contributed by atoms with E-state index in [4.69, 9.17) is 0 Å². The summed E-state index contributed by atoms with van der Waals surface area (Å²) in [6.07, 6.45) is 5.56. The molecule has 2 rings (SSSR count). The van der Waals surface area contributed by atoms with E-state index in [0.717, 1.165) is 32.1 Å². The Morgan fingerprint density at radius 1 is 0.524 bits per heavy atom. The fourth-order valence-electron chi connectivity index (χ4n) is 3.01. The largest absolute Gasteiger partial charge is 0.0613 e. The fourth-order valence-corrected chi connectivity index (χ4v) is 3.01. The summed E-state index contributed by atoms with van der Waals surface area (Å²) in [5, 5.41) is 0. The minimum absolute atomic E-state index is 1.07. The molecule has 112 valence electrons. The second-order valence-corrected chi connectivity index (χ2v) is 5.80. The van der Waals surface area contributed by atoms with Crippen molar-refractivity contribution in [2.45, 2.75) is 59.8 Å². The summed E-state index contributed by atoms with van der Waals surface area (Å²) < 4.78 is 0. The molecule has 21 heavy (non-hydrogen) atoms. The Morgan fingerprint density at radius 3 is 1.57 bits per heavy atom. The van der Waals surface area contributed by atoms with Crippen molar-refractivity contribution < 1.29 is 0 Å². The molecule has 0 heterocycles. The Hall–Kier alpha value is -1.56. The molecule has 0 nitrogen and oxygen atoms in total. The highest BCUT2D eigenvalue weighted by Gasteiger charge is 2.07. The van der Waals surface area contributed by atoms with Crippen molar-refractivity contribution in [2.75, 3.05) is 0 Å². The van der Waals surface area contributed by atoms with Crippen molar-refractivity contribution in [3.63, 3.8) is 0 Å². The molecule has 0 saturated heterocycles. The van der Waals surface area contributed by atoms with Gasteiger partial charge in [0.05, 0.1) is 0 Å². The van der Waals surface area contributed by atoms with Crippen molar-refractivity contribution >= 4 is 0 Å². The molecule has 0 bridgehead atoms. The first kappa shape index (κ1) is 15.8. The SMILES string of the molecule is CCc1ccc(Cc2cc(CC)ccc2CC)c(CC)c1. The van der Waals surface area contributed by atoms with Gasteiger partial charge < -0.3 is 0 Å². The highest BCUT2D eigenvalue weighted by molar-refractivity contribution is 5.40. The second kappa shape index (κ2) is 7.45. The van der Waals surface area contributed by atoms with Gasteiger partial charge in [-0.15, -0.1) is 0 Å². The summed E-state index contributed by atoms with van der Waals surface area (Å²) in [5.74, 6) is 0. The first-order valence-corrected chi connectivity index (χ1v) is 8.43. The highest BCUT2D eigenvalue weighted by atomic mass is 14.1. The summed E-state index contributed by atoms with van der Waals surface area (Å²) in [6.45, 7) is 8.99. The van der Waals surface area contributed by atoms with Crippen LogP contribution in [0.2, 0.25) is 0 Å². The molecular weight excluding hydrogens is 252 g/mol. The standard InChI is InChI=1S/C21H28/c1-5-16-10-12-20(19(8-4)13-16)15-21-14-17(6-2)9-11-18(21)7-3/h9-14H,5-8,15H2,1-4H3. The molecule has 0 spiro atoms. The molecule has 0 unspecified atom stereocenters. The van der Waals surface area contributed by atoms with E-state index in [1.54, 1.807) is 0 Å². The van der Waals surface area contributed by atoms with Crippen molar-refractivity contribution in [1.29, 1.82) is 0 Å². The minimum Gasteiger partial charge on any atom is -0.0613 e. The van der Waals surface area contributed by atoms with Crippen molar-refractivity contribution in [3.05, 3.63) is 69.8 Å². The van der Waals surface area contributed by atoms with Crippen LogP contribution in [0.25, 0.3) is 0 Å². The van der Waals surface area contributed by atoms with Crippen LogP contribution in [-0.2, 0) is 32.1 Å². The lowest BCUT2D eigenvalue weighted by Crippen LogP contribution is -2.00. The van der Waals surface area contributed by atoms with Crippen LogP contribution < -0.4 is 0 Å². The molecule has 0 N–H and O–H groups in total. The lowest BCUT2D eigenvalue weighted by atomic mass is 9.91. The Balaban J connectivity index is 2.37. The van der Waals surface area contributed by atoms with Crippen LogP contribution in [0.3, 0.4) is 0 Å². The molecule has 0 saturated carbocycles. The average Bonchev–Trinajstić information content (AvgIpc) is 2.55. The van der Waals surface area contributed by atoms with Gasteiger partial charge >= 0.3 is 0 Å². The molecule has 0 heteroatoms. The average molecular weight is 280 g/mol. The zero-order valence-corrected chi connectivity index (χ0v) is 14.0. The van der Waals surface area contributed by atoms with Gasteiger partial charge in [-0.1, -0.05) is 64.1 Å². The third kappa shape index (κ3) is 3.75. The van der Waals surface area contributed by atoms with Gasteiger partial charge in [0.15, 0.2) is 0 Å². The highest BCUT2D eigenvalue weighted by Crippen LogP contribution is 2.21. The van der Waals surface area contributed by atoms with Gasteiger partial charge in [0, 0.05) is 0 Å². The Labute approximate surface area is 130 Å². The number of rotatable bonds is 6. The molecule has 2 aromatic carbocycles. The molecule has 0 aliphatic rings. The van der Waals surface area contributed by atoms with Crippen molar-refractivity contribution in [1.82, 2.24) is 0 Å². The van der Waals surface area contributed by atoms with E-state index in [9.17, 15) is 0 Å². The molecule has 0 aliphatic carbocycles. The van der Waals surface area contributed by atoms with Crippen LogP contribution in [0.15, 0.2) is 36.4 Å². The molecule has 0 fully saturated rings. The van der Waals surface area contributed by atoms with Gasteiger partial charge in [-0.3, -0.25) is 0 Å². The van der Waals surface area contributed by atoms with Crippen molar-refractivity contribution in [3.8, 4) is 0 Å². The van der Waals surface area contributed by atoms with Gasteiger partial charge in [0.2, 0.25) is 0 Å². The number of aryl methyl sites for hydroxylation is 4. The predicted molar refractivity (Wildman–Crippen MR) is 93.2 cm³/mol. The lowest BCUT2D eigenvalue weighted by Gasteiger charge is -2.14. The molecule has 0 amide bonds. The number of hydrogen-bond acceptors (Lipinski definition) is 0. The summed E-state index contributed by atoms with van der Waals surface area (Å²) >= 11 is 0. The number of benzene rings is 2. The van der Waals surface area contributed by atoms with Crippen LogP contribution in [0.5, 0.6) is 0 Å². The number of hydrogen-bond donors (Lipinski definition) is 0. The van der Waals surface area contributed by atoms with Crippen molar-refractivity contribution in [2.24, 2.45) is 0 Å². The van der Waals surface area contributed by atoms with Gasteiger partial charge in [-0.2, -0.15) is 0 Å². The maximum absolute atomic E-state index is 2.41. The quantitative estimate of drug-likeness (QED) is 0.653. The topological polar surface area (TPSA) is 0 Å². The van der Waals surface area contributed by atoms with E-state index in [1.807, 2.05) is 0 Å². The van der Waals surface area contributed by atoms with Gasteiger partial charge in [0.25, 0.3) is 0 Å². The third-order valence-corrected chi connectivity index (χ3v) is 4.50. The summed E-state index contributed by atoms with van der Waals surface area (Å²) in [7, 11) is 0. The molecule has 0 aromatic heterocycles. The summed E-state index contributed by atoms with van der Waals surface area (Å²) in [4.78, 5) is 0. The van der Waals surface area contributed by atoms with E-state index < -0.39 is 0 Å². The molecule has 0 radical (unpaired) electrons. The van der Waals surface area contributed by atoms with Gasteiger partial charge in [0.1, 0.15) is 0 Å². The van der Waals surface area contributed by atoms with E-state index in [-0.39, 0.29) is 0 Å². The summed E-state index contributed by atoms with van der Waals surface area (Å²) in [5.41, 5.74) is 8.92. The zero-order valence-electron chi connectivity index (χ0n) is 14.0. The van der Waals surface area contributed by atoms with Gasteiger partial charge in [-0.25, -0.2) is 0 Å². The van der Waals surface area contributed by atoms with Gasteiger partial charge in [-0.05, 0) is 65.5 Å². The predicted octanol–water partition coefficient (Wildman–Crippen LogP) is 5.53. The summed E-state index contributed by atoms with van der Waals surface area (Å²) in [6, 6.07) is 14.0. The normalized spacial score (nSPS) is 10.9. The third-order valence-electron chi connectivity index (χ3n) is 4.50. The second-order valence-electron chi connectivity index (χ2n) is 5.80. The van der Waals surface area contributed by atoms with Crippen LogP contribution in [0.4, 0.5) is 0 Å². The minimum atomic E-state index is 1.07. The zero-order chi connectivity index (χ0) is 15.2. The first-order valence-electron chi connectivity index (χ1n) is 8.43. The maximum atomic E-state index is 2.41. The van der Waals surface area contributed by atoms with E-state index in [0.29, 0.717) is 0 Å². The van der Waals surface area contributed by atoms with Crippen LogP contribution in [0.1, 0.15) is 61.1 Å². The molecule has 2 aromatic rings. The van der Waals surface area contributed by atoms with Crippen LogP contribution >= 0.6 is 0 Å². The Morgan fingerprint density at radius 2 is 1.05 bits per heavy atom. The Kier molecular flexibility index (Phi) is 5.61.